The van der Waals surface area contributed by atoms with Gasteiger partial charge in [0.15, 0.2) is 0 Å². The van der Waals surface area contributed by atoms with Gasteiger partial charge in [0.2, 0.25) is 0 Å². The maximum atomic E-state index is 13.8. The van der Waals surface area contributed by atoms with Crippen LogP contribution in [0.3, 0.4) is 0 Å². The van der Waals surface area contributed by atoms with Crippen LogP contribution in [0.25, 0.3) is 10.9 Å². The fourth-order valence-corrected chi connectivity index (χ4v) is 5.34. The minimum absolute atomic E-state index is 0.0337. The Morgan fingerprint density at radius 2 is 1.93 bits per heavy atom. The summed E-state index contributed by atoms with van der Waals surface area (Å²) < 4.78 is 54.7. The van der Waals surface area contributed by atoms with Crippen molar-refractivity contribution in [1.29, 1.82) is 5.26 Å². The van der Waals surface area contributed by atoms with E-state index in [1.165, 1.54) is 18.3 Å². The average molecular weight is 570 g/mol. The number of hydrogen-bond acceptors (Lipinski definition) is 7. The lowest BCUT2D eigenvalue weighted by Crippen LogP contribution is -2.45. The Bertz CT molecular complexity index is 1550. The molecule has 40 heavy (non-hydrogen) atoms. The number of benzene rings is 2. The quantitative estimate of drug-likeness (QED) is 0.227. The highest BCUT2D eigenvalue weighted by Crippen LogP contribution is 2.57. The lowest BCUT2D eigenvalue weighted by atomic mass is 9.69. The molecule has 6 rings (SSSR count). The number of halogens is 5. The molecule has 2 aliphatic carbocycles. The predicted octanol–water partition coefficient (Wildman–Crippen LogP) is 4.88. The number of hydrogen-bond donors (Lipinski definition) is 4. The number of nitriles is 1. The molecule has 0 amide bonds. The number of rotatable bonds is 8. The van der Waals surface area contributed by atoms with Crippen LogP contribution in [0.5, 0.6) is 0 Å². The van der Waals surface area contributed by atoms with Gasteiger partial charge < -0.3 is 16.1 Å². The monoisotopic (exact) mass is 569 g/mol. The first-order valence-electron chi connectivity index (χ1n) is 12.9. The number of alkyl halides is 3. The Labute approximate surface area is 233 Å². The number of nitrogens with zero attached hydrogens (tertiary/aromatic N) is 3. The topological polar surface area (TPSA) is 88.0 Å². The van der Waals surface area contributed by atoms with Crippen LogP contribution in [0.1, 0.15) is 36.8 Å². The second kappa shape index (κ2) is 9.46. The van der Waals surface area contributed by atoms with Crippen molar-refractivity contribution in [2.75, 3.05) is 17.2 Å². The van der Waals surface area contributed by atoms with Crippen LogP contribution in [0, 0.1) is 22.6 Å². The van der Waals surface area contributed by atoms with Gasteiger partial charge in [-0.15, -0.1) is 5.53 Å². The summed E-state index contributed by atoms with van der Waals surface area (Å²) in [6.07, 6.45) is 1.13. The fourth-order valence-electron chi connectivity index (χ4n) is 5.07. The van der Waals surface area contributed by atoms with Crippen molar-refractivity contribution in [2.24, 2.45) is 5.41 Å². The molecule has 0 radical (unpaired) electrons. The van der Waals surface area contributed by atoms with Crippen molar-refractivity contribution >= 4 is 41.7 Å². The molecule has 3 aliphatic rings. The van der Waals surface area contributed by atoms with Crippen molar-refractivity contribution in [3.05, 3.63) is 76.5 Å². The van der Waals surface area contributed by atoms with Crippen LogP contribution >= 0.6 is 11.6 Å². The SMILES string of the molecule is BC(Nc1cc(Cl)c2ncc(C#N)c(NCC3(C(F)(F)F)CC3)c2c1)(C1=CN(C2CC2)NN1)c1ccc(F)cc1. The number of anilines is 2. The fraction of sp³-hybridized carbons (Fsp3) is 0.333. The van der Waals surface area contributed by atoms with Crippen LogP contribution in [-0.2, 0) is 5.44 Å². The van der Waals surface area contributed by atoms with E-state index in [9.17, 15) is 22.8 Å². The van der Waals surface area contributed by atoms with E-state index in [4.69, 9.17) is 11.6 Å². The standard InChI is InChI=1S/C27H25BClF4N7/c28-26(16-1-3-17(30)4-2-16,22-13-40(39-38-22)19-5-6-19)37-18-9-20-23(36-14-25(7-8-25)27(31,32)33)15(11-34)12-35-24(20)21(29)10-18/h1-4,9-10,12-13,19,37-39H,5-8,14,28H2,(H,35,36). The molecular weight excluding hydrogens is 545 g/mol. The van der Waals surface area contributed by atoms with Gasteiger partial charge in [-0.05, 0) is 55.5 Å². The summed E-state index contributed by atoms with van der Waals surface area (Å²) in [6.45, 7) is -0.355. The molecule has 0 bridgehead atoms. The Kier molecular flexibility index (Phi) is 6.27. The number of pyridine rings is 1. The molecule has 2 aromatic carbocycles. The van der Waals surface area contributed by atoms with E-state index in [-0.39, 0.29) is 41.5 Å². The van der Waals surface area contributed by atoms with Gasteiger partial charge in [0, 0.05) is 36.1 Å². The third-order valence-corrected chi connectivity index (χ3v) is 8.27. The van der Waals surface area contributed by atoms with E-state index in [0.29, 0.717) is 22.6 Å². The third-order valence-electron chi connectivity index (χ3n) is 7.99. The van der Waals surface area contributed by atoms with Crippen LogP contribution < -0.4 is 21.6 Å². The first-order valence-corrected chi connectivity index (χ1v) is 13.3. The summed E-state index contributed by atoms with van der Waals surface area (Å²) in [5, 5.41) is 18.8. The third kappa shape index (κ3) is 4.67. The second-order valence-electron chi connectivity index (χ2n) is 10.8. The maximum absolute atomic E-state index is 13.8. The summed E-state index contributed by atoms with van der Waals surface area (Å²) in [4.78, 5) is 4.31. The van der Waals surface area contributed by atoms with E-state index in [2.05, 4.69) is 26.6 Å². The zero-order valence-corrected chi connectivity index (χ0v) is 22.2. The Morgan fingerprint density at radius 3 is 2.55 bits per heavy atom. The number of hydrazine groups is 2. The van der Waals surface area contributed by atoms with Crippen LogP contribution in [-0.4, -0.2) is 36.6 Å². The smallest absolute Gasteiger partial charge is 0.382 e. The lowest BCUT2D eigenvalue weighted by Gasteiger charge is -2.34. The van der Waals surface area contributed by atoms with Crippen LogP contribution in [0.15, 0.2) is 54.5 Å². The van der Waals surface area contributed by atoms with Gasteiger partial charge in [-0.2, -0.15) is 18.4 Å². The molecule has 4 N–H and O–H groups in total. The van der Waals surface area contributed by atoms with Gasteiger partial charge in [0.25, 0.3) is 0 Å². The van der Waals surface area contributed by atoms with Crippen LogP contribution in [0.4, 0.5) is 28.9 Å². The second-order valence-corrected chi connectivity index (χ2v) is 11.2. The zero-order valence-electron chi connectivity index (χ0n) is 21.5. The van der Waals surface area contributed by atoms with Crippen LogP contribution in [0.2, 0.25) is 5.02 Å². The first kappa shape index (κ1) is 26.5. The van der Waals surface area contributed by atoms with Crippen molar-refractivity contribution < 1.29 is 17.6 Å². The van der Waals surface area contributed by atoms with Crippen molar-refractivity contribution in [3.63, 3.8) is 0 Å². The molecular formula is C27H25BClF4N7. The molecule has 13 heteroatoms. The molecule has 7 nitrogen and oxygen atoms in total. The van der Waals surface area contributed by atoms with Gasteiger partial charge in [-0.3, -0.25) is 9.99 Å². The lowest BCUT2D eigenvalue weighted by molar-refractivity contribution is -0.182. The molecule has 1 unspecified atom stereocenters. The van der Waals surface area contributed by atoms with Gasteiger partial charge in [0.1, 0.15) is 19.7 Å². The summed E-state index contributed by atoms with van der Waals surface area (Å²) in [5.41, 5.74) is 6.44. The number of fused-ring (bicyclic) bond motifs is 1. The highest BCUT2D eigenvalue weighted by atomic mass is 35.5. The Morgan fingerprint density at radius 1 is 1.20 bits per heavy atom. The minimum Gasteiger partial charge on any atom is -0.382 e. The summed E-state index contributed by atoms with van der Waals surface area (Å²) in [6, 6.07) is 11.9. The van der Waals surface area contributed by atoms with E-state index >= 15 is 0 Å². The summed E-state index contributed by atoms with van der Waals surface area (Å²) in [7, 11) is 1.93. The Hall–Kier alpha value is -3.69. The van der Waals surface area contributed by atoms with E-state index in [1.807, 2.05) is 25.1 Å². The normalized spacial score (nSPS) is 19.4. The molecule has 2 heterocycles. The molecule has 206 valence electrons. The highest BCUT2D eigenvalue weighted by molar-refractivity contribution is 6.36. The van der Waals surface area contributed by atoms with Crippen molar-refractivity contribution in [1.82, 2.24) is 21.0 Å². The number of aromatic nitrogens is 1. The highest BCUT2D eigenvalue weighted by Gasteiger charge is 2.63. The van der Waals surface area contributed by atoms with E-state index in [0.717, 1.165) is 24.1 Å². The Balaban J connectivity index is 1.41. The van der Waals surface area contributed by atoms with Crippen molar-refractivity contribution in [2.45, 2.75) is 43.3 Å². The molecule has 1 aromatic heterocycles. The summed E-state index contributed by atoms with van der Waals surface area (Å²) >= 11 is 6.64. The van der Waals surface area contributed by atoms with E-state index < -0.39 is 17.0 Å². The number of nitrogens with one attached hydrogen (secondary N) is 4. The van der Waals surface area contributed by atoms with Gasteiger partial charge in [0.05, 0.1) is 38.3 Å². The van der Waals surface area contributed by atoms with E-state index in [1.54, 1.807) is 24.3 Å². The molecule has 0 spiro atoms. The van der Waals surface area contributed by atoms with Gasteiger partial charge in [-0.1, -0.05) is 23.7 Å². The molecule has 2 saturated carbocycles. The predicted molar refractivity (Wildman–Crippen MR) is 147 cm³/mol. The van der Waals surface area contributed by atoms with Crippen molar-refractivity contribution in [3.8, 4) is 6.07 Å². The average Bonchev–Trinajstić information content (AvgIpc) is 3.85. The van der Waals surface area contributed by atoms with Gasteiger partial charge >= 0.3 is 6.18 Å². The minimum atomic E-state index is -4.35. The maximum Gasteiger partial charge on any atom is 0.396 e. The van der Waals surface area contributed by atoms with Gasteiger partial charge in [-0.25, -0.2) is 4.39 Å². The first-order chi connectivity index (χ1) is 19.0. The molecule has 2 fully saturated rings. The molecule has 0 saturated heterocycles. The largest absolute Gasteiger partial charge is 0.396 e. The molecule has 3 aromatic rings. The zero-order chi connectivity index (χ0) is 28.3. The molecule has 1 atom stereocenters. The summed E-state index contributed by atoms with van der Waals surface area (Å²) in [5.74, 6) is -0.371. The molecule has 1 aliphatic heterocycles.